The quantitative estimate of drug-likeness (QED) is 0.0341. The van der Waals surface area contributed by atoms with Crippen LogP contribution in [-0.4, -0.2) is 58.4 Å². The van der Waals surface area contributed by atoms with Crippen molar-refractivity contribution >= 4 is 17.5 Å². The molecule has 4 aromatic carbocycles. The van der Waals surface area contributed by atoms with Crippen LogP contribution in [0.4, 0.5) is 0 Å². The maximum Gasteiger partial charge on any atom is 0.330 e. The molecule has 0 radical (unpaired) electrons. The summed E-state index contributed by atoms with van der Waals surface area (Å²) in [6.45, 7) is 5.19. The Balaban J connectivity index is 1.60. The van der Waals surface area contributed by atoms with Crippen LogP contribution >= 0.6 is 0 Å². The van der Waals surface area contributed by atoms with Gasteiger partial charge in [-0.25, -0.2) is 0 Å². The number of Topliss-reactive ketones (excluding diaryl/α,β-unsaturated/α-hetero) is 2. The summed E-state index contributed by atoms with van der Waals surface area (Å²) < 4.78 is 5.62. The van der Waals surface area contributed by atoms with Crippen LogP contribution in [0.5, 0.6) is 51.7 Å². The SMILES string of the molecule is CC(C)=CC[C@@]1(c2ccc(O)cc2O)C(=O)Oc2cc(O)c([C@@H]3C=C(C)C[C@@H](c4ccc(O)cc4O)[C@H]3C(=O)c3ccc(O)cc3O)c(O)c2C1=O. The van der Waals surface area contributed by atoms with Crippen LogP contribution in [0, 0.1) is 5.92 Å². The first-order valence-electron chi connectivity index (χ1n) is 16.3. The van der Waals surface area contributed by atoms with Gasteiger partial charge >= 0.3 is 5.97 Å². The Morgan fingerprint density at radius 2 is 1.42 bits per heavy atom. The first-order chi connectivity index (χ1) is 24.5. The average molecular weight is 709 g/mol. The Morgan fingerprint density at radius 3 is 2.04 bits per heavy atom. The number of phenolic OH excluding ortho intramolecular Hbond substituents is 8. The highest BCUT2D eigenvalue weighted by Gasteiger charge is 2.56. The van der Waals surface area contributed by atoms with E-state index in [1.165, 1.54) is 36.4 Å². The molecule has 52 heavy (non-hydrogen) atoms. The molecule has 0 unspecified atom stereocenters. The van der Waals surface area contributed by atoms with Gasteiger partial charge in [-0.15, -0.1) is 0 Å². The summed E-state index contributed by atoms with van der Waals surface area (Å²) >= 11 is 0. The van der Waals surface area contributed by atoms with E-state index in [1.807, 2.05) is 0 Å². The van der Waals surface area contributed by atoms with Gasteiger partial charge in [0.05, 0.1) is 5.56 Å². The summed E-state index contributed by atoms with van der Waals surface area (Å²) in [5, 5.41) is 86.2. The van der Waals surface area contributed by atoms with Gasteiger partial charge in [0.2, 0.25) is 0 Å². The van der Waals surface area contributed by atoms with E-state index in [-0.39, 0.29) is 58.1 Å². The van der Waals surface area contributed by atoms with E-state index >= 15 is 0 Å². The Labute approximate surface area is 297 Å². The van der Waals surface area contributed by atoms with Crippen molar-refractivity contribution in [3.63, 3.8) is 0 Å². The van der Waals surface area contributed by atoms with Gasteiger partial charge in [-0.3, -0.25) is 14.4 Å². The number of rotatable bonds is 7. The molecule has 4 atom stereocenters. The van der Waals surface area contributed by atoms with E-state index in [0.29, 0.717) is 11.1 Å². The number of carbonyl (C=O) groups excluding carboxylic acids is 3. The van der Waals surface area contributed by atoms with Crippen molar-refractivity contribution in [1.29, 1.82) is 0 Å². The third-order valence-corrected chi connectivity index (χ3v) is 9.83. The van der Waals surface area contributed by atoms with Crippen molar-refractivity contribution in [2.24, 2.45) is 5.92 Å². The number of hydrogen-bond acceptors (Lipinski definition) is 12. The molecule has 0 amide bonds. The molecule has 268 valence electrons. The van der Waals surface area contributed by atoms with E-state index in [9.17, 15) is 55.2 Å². The molecule has 4 aromatic rings. The van der Waals surface area contributed by atoms with Gasteiger partial charge in [-0.05, 0) is 63.4 Å². The molecule has 0 fully saturated rings. The minimum Gasteiger partial charge on any atom is -0.508 e. The number of fused-ring (bicyclic) bond motifs is 1. The fraction of sp³-hybridized carbons (Fsp3) is 0.225. The zero-order valence-electron chi connectivity index (χ0n) is 28.3. The lowest BCUT2D eigenvalue weighted by Crippen LogP contribution is -2.49. The van der Waals surface area contributed by atoms with Crippen molar-refractivity contribution in [3.8, 4) is 51.7 Å². The van der Waals surface area contributed by atoms with Crippen LogP contribution in [-0.2, 0) is 10.2 Å². The molecule has 0 spiro atoms. The average Bonchev–Trinajstić information content (AvgIpc) is 3.04. The summed E-state index contributed by atoms with van der Waals surface area (Å²) in [5.41, 5.74) is -1.88. The van der Waals surface area contributed by atoms with Crippen molar-refractivity contribution < 1.29 is 60.0 Å². The lowest BCUT2D eigenvalue weighted by atomic mass is 9.64. The molecule has 2 aliphatic rings. The first-order valence-corrected chi connectivity index (χ1v) is 16.3. The predicted octanol–water partition coefficient (Wildman–Crippen LogP) is 6.44. The Morgan fingerprint density at radius 1 is 0.808 bits per heavy atom. The Kier molecular flexibility index (Phi) is 8.87. The van der Waals surface area contributed by atoms with Gasteiger partial charge in [0.15, 0.2) is 17.0 Å². The third-order valence-electron chi connectivity index (χ3n) is 9.83. The summed E-state index contributed by atoms with van der Waals surface area (Å²) in [6, 6.07) is 11.6. The van der Waals surface area contributed by atoms with E-state index in [2.05, 4.69) is 0 Å². The number of allylic oxidation sites excluding steroid dienone is 4. The summed E-state index contributed by atoms with van der Waals surface area (Å²) in [6.07, 6.45) is 3.05. The molecule has 0 saturated carbocycles. The minimum absolute atomic E-state index is 0.180. The highest BCUT2D eigenvalue weighted by Crippen LogP contribution is 2.56. The lowest BCUT2D eigenvalue weighted by Gasteiger charge is -2.39. The highest BCUT2D eigenvalue weighted by molar-refractivity contribution is 6.23. The largest absolute Gasteiger partial charge is 0.508 e. The van der Waals surface area contributed by atoms with Gasteiger partial charge in [-0.2, -0.15) is 0 Å². The van der Waals surface area contributed by atoms with Crippen LogP contribution in [0.25, 0.3) is 0 Å². The van der Waals surface area contributed by atoms with Crippen LogP contribution in [0.15, 0.2) is 84.0 Å². The van der Waals surface area contributed by atoms with Gasteiger partial charge in [0.25, 0.3) is 0 Å². The molecular weight excluding hydrogens is 672 g/mol. The summed E-state index contributed by atoms with van der Waals surface area (Å²) in [7, 11) is 0. The Bertz CT molecular complexity index is 2230. The van der Waals surface area contributed by atoms with Gasteiger partial charge in [-0.1, -0.05) is 35.4 Å². The zero-order valence-corrected chi connectivity index (χ0v) is 28.3. The van der Waals surface area contributed by atoms with E-state index in [0.717, 1.165) is 24.3 Å². The Hall–Kier alpha value is -6.43. The standard InChI is InChI=1S/C40H36O12/c1-18(2)10-11-40(27-9-6-22(43)16-30(27)46)38(50)35-32(52-39(40)51)17-31(47)34(37(35)49)26-13-19(3)12-25(23-7-4-20(41)14-28(23)44)33(26)36(48)24-8-5-21(42)15-29(24)45/h4-10,13-17,25-26,33,41-47,49H,11-12H2,1-3H3/t25-,26+,33+,40-/m0/s1. The van der Waals surface area contributed by atoms with Gasteiger partial charge in [0, 0.05) is 53.1 Å². The zero-order chi connectivity index (χ0) is 37.8. The number of esters is 1. The third kappa shape index (κ3) is 5.81. The normalized spacial score (nSPS) is 21.1. The predicted molar refractivity (Wildman–Crippen MR) is 186 cm³/mol. The monoisotopic (exact) mass is 708 g/mol. The number of benzene rings is 4. The van der Waals surface area contributed by atoms with Crippen molar-refractivity contribution in [1.82, 2.24) is 0 Å². The summed E-state index contributed by atoms with van der Waals surface area (Å²) in [4.78, 5) is 43.2. The molecule has 1 aliphatic heterocycles. The smallest absolute Gasteiger partial charge is 0.330 e. The minimum atomic E-state index is -2.25. The maximum absolute atomic E-state index is 14.8. The number of ketones is 2. The number of phenols is 8. The van der Waals surface area contributed by atoms with Gasteiger partial charge < -0.3 is 45.6 Å². The number of aromatic hydroxyl groups is 8. The summed E-state index contributed by atoms with van der Waals surface area (Å²) in [5.74, 6) is -10.5. The van der Waals surface area contributed by atoms with Crippen LogP contribution in [0.3, 0.4) is 0 Å². The molecule has 0 saturated heterocycles. The second-order valence-corrected chi connectivity index (χ2v) is 13.5. The van der Waals surface area contributed by atoms with E-state index in [1.54, 1.807) is 32.9 Å². The molecule has 0 bridgehead atoms. The number of carbonyl (C=O) groups is 3. The second-order valence-electron chi connectivity index (χ2n) is 13.5. The molecule has 8 N–H and O–H groups in total. The maximum atomic E-state index is 14.8. The molecule has 12 nitrogen and oxygen atoms in total. The number of hydrogen-bond donors (Lipinski definition) is 8. The molecule has 1 heterocycles. The van der Waals surface area contributed by atoms with Crippen LogP contribution < -0.4 is 4.74 Å². The lowest BCUT2D eigenvalue weighted by molar-refractivity contribution is -0.139. The van der Waals surface area contributed by atoms with Crippen LogP contribution in [0.2, 0.25) is 0 Å². The van der Waals surface area contributed by atoms with Gasteiger partial charge in [0.1, 0.15) is 57.3 Å². The van der Waals surface area contributed by atoms with Crippen molar-refractivity contribution in [3.05, 3.63) is 112 Å². The fourth-order valence-electron chi connectivity index (χ4n) is 7.39. The molecule has 6 rings (SSSR count). The molecule has 1 aliphatic carbocycles. The van der Waals surface area contributed by atoms with Crippen molar-refractivity contribution in [2.75, 3.05) is 0 Å². The van der Waals surface area contributed by atoms with Crippen LogP contribution in [0.1, 0.15) is 82.9 Å². The topological polar surface area (TPSA) is 222 Å². The van der Waals surface area contributed by atoms with E-state index < -0.39 is 75.0 Å². The van der Waals surface area contributed by atoms with E-state index in [4.69, 9.17) is 4.74 Å². The second kappa shape index (κ2) is 13.0. The molecule has 0 aromatic heterocycles. The van der Waals surface area contributed by atoms with Crippen molar-refractivity contribution in [2.45, 2.75) is 50.9 Å². The fourth-order valence-corrected chi connectivity index (χ4v) is 7.39. The number of ether oxygens (including phenoxy) is 1. The molecular formula is C40H36O12. The molecule has 12 heteroatoms. The first kappa shape index (κ1) is 35.4. The highest BCUT2D eigenvalue weighted by atomic mass is 16.5.